The number of carbonyl (C=O) groups is 2. The van der Waals surface area contributed by atoms with Crippen LogP contribution in [-0.2, 0) is 11.2 Å². The predicted octanol–water partition coefficient (Wildman–Crippen LogP) is 3.68. The zero-order valence-electron chi connectivity index (χ0n) is 22.7. The number of halogens is 1. The Morgan fingerprint density at radius 1 is 1.05 bits per heavy atom. The fraction of sp³-hybridized carbons (Fsp3) is 0.414. The van der Waals surface area contributed by atoms with Crippen LogP contribution in [0.3, 0.4) is 0 Å². The standard InChI is InChI=1S/C29H36FN3O6.Na.H/c1-5-32(20-10-13-24(39-4)14-11-20)29(38)28-27(18(2)3)25(15-12-22(34)16-23(35)17-26(36)37)33(31-28)21-8-6-19(30)7-9-21;;/h6-11,13-14,18,22-23,34-35H,5,12,15-17H2,1-4H3,(H,36,37);;/t22-,23-;;/m1../s1. The number of hydrogen-bond acceptors (Lipinski definition) is 6. The number of aliphatic hydroxyl groups excluding tert-OH is 2. The molecule has 0 saturated heterocycles. The summed E-state index contributed by atoms with van der Waals surface area (Å²) in [4.78, 5) is 26.4. The number of nitrogens with zero attached hydrogens (tertiary/aromatic N) is 3. The maximum absolute atomic E-state index is 13.9. The summed E-state index contributed by atoms with van der Waals surface area (Å²) in [6.45, 7) is 6.15. The average molecular weight is 566 g/mol. The van der Waals surface area contributed by atoms with Crippen LogP contribution in [0.1, 0.15) is 67.7 Å². The second-order valence-corrected chi connectivity index (χ2v) is 9.68. The number of aliphatic carboxylic acids is 1. The molecule has 1 amide bonds. The monoisotopic (exact) mass is 565 g/mol. The molecule has 11 heteroatoms. The summed E-state index contributed by atoms with van der Waals surface area (Å²) in [6.07, 6.45) is -2.21. The molecule has 0 radical (unpaired) electrons. The van der Waals surface area contributed by atoms with Crippen LogP contribution < -0.4 is 9.64 Å². The van der Waals surface area contributed by atoms with Crippen LogP contribution >= 0.6 is 0 Å². The number of amides is 1. The molecule has 0 fully saturated rings. The van der Waals surface area contributed by atoms with E-state index in [2.05, 4.69) is 0 Å². The van der Waals surface area contributed by atoms with Crippen LogP contribution in [0, 0.1) is 5.82 Å². The van der Waals surface area contributed by atoms with Crippen LogP contribution in [0.5, 0.6) is 5.75 Å². The van der Waals surface area contributed by atoms with Gasteiger partial charge in [0, 0.05) is 23.5 Å². The molecule has 2 atom stereocenters. The number of anilines is 1. The van der Waals surface area contributed by atoms with E-state index in [-0.39, 0.29) is 59.9 Å². The van der Waals surface area contributed by atoms with Crippen molar-refractivity contribution in [1.29, 1.82) is 0 Å². The molecule has 0 bridgehead atoms. The van der Waals surface area contributed by atoms with Gasteiger partial charge in [-0.25, -0.2) is 9.07 Å². The third kappa shape index (κ3) is 8.37. The van der Waals surface area contributed by atoms with Crippen molar-refractivity contribution >= 4 is 47.1 Å². The number of ether oxygens (including phenoxy) is 1. The van der Waals surface area contributed by atoms with Gasteiger partial charge in [0.25, 0.3) is 5.91 Å². The molecular weight excluding hydrogens is 528 g/mol. The van der Waals surface area contributed by atoms with Crippen LogP contribution in [0.25, 0.3) is 5.69 Å². The summed E-state index contributed by atoms with van der Waals surface area (Å²) < 4.78 is 20.5. The normalized spacial score (nSPS) is 12.5. The van der Waals surface area contributed by atoms with E-state index in [0.717, 1.165) is 0 Å². The Morgan fingerprint density at radius 2 is 1.68 bits per heavy atom. The van der Waals surface area contributed by atoms with Gasteiger partial charge in [-0.15, -0.1) is 0 Å². The third-order valence-corrected chi connectivity index (χ3v) is 6.49. The number of carboxylic acids is 1. The predicted molar refractivity (Wildman–Crippen MR) is 152 cm³/mol. The van der Waals surface area contributed by atoms with E-state index in [0.29, 0.717) is 41.3 Å². The molecule has 0 aliphatic rings. The SMILES string of the molecule is CCN(C(=O)c1nn(-c2ccc(F)cc2)c(CC[C@@H](O)C[C@@H](O)CC(=O)O)c1C(C)C)c1ccc(OC)cc1.[NaH]. The number of methoxy groups -OCH3 is 1. The summed E-state index contributed by atoms with van der Waals surface area (Å²) in [5.74, 6) is -1.30. The molecule has 3 N–H and O–H groups in total. The first kappa shape index (κ1) is 33.4. The maximum atomic E-state index is 13.9. The molecule has 9 nitrogen and oxygen atoms in total. The molecule has 1 heterocycles. The van der Waals surface area contributed by atoms with Crippen molar-refractivity contribution in [3.8, 4) is 11.4 Å². The zero-order chi connectivity index (χ0) is 28.7. The second-order valence-electron chi connectivity index (χ2n) is 9.68. The second kappa shape index (κ2) is 15.3. The van der Waals surface area contributed by atoms with Gasteiger partial charge >= 0.3 is 35.5 Å². The molecule has 0 spiro atoms. The van der Waals surface area contributed by atoms with E-state index in [1.54, 1.807) is 53.1 Å². The zero-order valence-corrected chi connectivity index (χ0v) is 22.7. The Bertz CT molecular complexity index is 1260. The van der Waals surface area contributed by atoms with Gasteiger partial charge in [0.15, 0.2) is 5.69 Å². The third-order valence-electron chi connectivity index (χ3n) is 6.49. The molecule has 3 rings (SSSR count). The first-order valence-corrected chi connectivity index (χ1v) is 13.0. The minimum absolute atomic E-state index is 0. The van der Waals surface area contributed by atoms with Crippen molar-refractivity contribution in [3.63, 3.8) is 0 Å². The van der Waals surface area contributed by atoms with Crippen LogP contribution in [0.15, 0.2) is 48.5 Å². The van der Waals surface area contributed by atoms with Crippen molar-refractivity contribution in [1.82, 2.24) is 9.78 Å². The van der Waals surface area contributed by atoms with Gasteiger partial charge in [-0.2, -0.15) is 5.10 Å². The first-order chi connectivity index (χ1) is 18.5. The van der Waals surface area contributed by atoms with Crippen LogP contribution in [-0.4, -0.2) is 92.4 Å². The quantitative estimate of drug-likeness (QED) is 0.270. The van der Waals surface area contributed by atoms with Crippen molar-refractivity contribution in [3.05, 3.63) is 71.3 Å². The fourth-order valence-corrected chi connectivity index (χ4v) is 4.62. The van der Waals surface area contributed by atoms with Crippen molar-refractivity contribution in [2.24, 2.45) is 0 Å². The Kier molecular flexibility index (Phi) is 12.8. The molecule has 1 aromatic heterocycles. The molecular formula is C29H37FN3NaO6. The van der Waals surface area contributed by atoms with Crippen molar-refractivity contribution in [2.45, 2.75) is 64.6 Å². The average Bonchev–Trinajstić information content (AvgIpc) is 3.28. The van der Waals surface area contributed by atoms with E-state index in [9.17, 15) is 24.2 Å². The van der Waals surface area contributed by atoms with Gasteiger partial charge in [0.1, 0.15) is 11.6 Å². The number of carboxylic acid groups (broad SMARTS) is 1. The summed E-state index contributed by atoms with van der Waals surface area (Å²) in [7, 11) is 1.57. The number of benzene rings is 2. The summed E-state index contributed by atoms with van der Waals surface area (Å²) >= 11 is 0. The van der Waals surface area contributed by atoms with Crippen LogP contribution in [0.2, 0.25) is 0 Å². The number of hydrogen-bond donors (Lipinski definition) is 3. The van der Waals surface area contributed by atoms with E-state index in [1.807, 2.05) is 20.8 Å². The molecule has 40 heavy (non-hydrogen) atoms. The fourth-order valence-electron chi connectivity index (χ4n) is 4.62. The van der Waals surface area contributed by atoms with Crippen molar-refractivity contribution < 1.29 is 34.0 Å². The molecule has 212 valence electrons. The van der Waals surface area contributed by atoms with E-state index in [1.165, 1.54) is 12.1 Å². The number of rotatable bonds is 13. The van der Waals surface area contributed by atoms with Gasteiger partial charge in [-0.3, -0.25) is 9.59 Å². The topological polar surface area (TPSA) is 125 Å². The summed E-state index contributed by atoms with van der Waals surface area (Å²) in [5, 5.41) is 34.1. The first-order valence-electron chi connectivity index (χ1n) is 13.0. The van der Waals surface area contributed by atoms with Gasteiger partial charge in [0.2, 0.25) is 0 Å². The summed E-state index contributed by atoms with van der Waals surface area (Å²) in [6, 6.07) is 12.9. The molecule has 0 unspecified atom stereocenters. The molecule has 0 saturated carbocycles. The molecule has 0 aliphatic carbocycles. The number of carbonyl (C=O) groups excluding carboxylic acids is 1. The molecule has 2 aromatic carbocycles. The van der Waals surface area contributed by atoms with E-state index >= 15 is 0 Å². The van der Waals surface area contributed by atoms with Gasteiger partial charge < -0.3 is 25.0 Å². The Hall–Kier alpha value is -2.76. The Morgan fingerprint density at radius 3 is 2.20 bits per heavy atom. The summed E-state index contributed by atoms with van der Waals surface area (Å²) in [5.41, 5.74) is 2.87. The molecule has 0 aliphatic heterocycles. The van der Waals surface area contributed by atoms with E-state index < -0.39 is 30.4 Å². The number of aromatic nitrogens is 2. The van der Waals surface area contributed by atoms with Gasteiger partial charge in [-0.05, 0) is 80.6 Å². The Labute approximate surface area is 255 Å². The Balaban J connectivity index is 0.00000560. The number of aliphatic hydroxyl groups is 2. The van der Waals surface area contributed by atoms with Gasteiger partial charge in [0.05, 0.1) is 31.4 Å². The van der Waals surface area contributed by atoms with Crippen LogP contribution in [0.4, 0.5) is 10.1 Å². The van der Waals surface area contributed by atoms with E-state index in [4.69, 9.17) is 14.9 Å². The minimum atomic E-state index is -1.18. The van der Waals surface area contributed by atoms with Crippen molar-refractivity contribution in [2.75, 3.05) is 18.6 Å². The molecule has 3 aromatic rings. The van der Waals surface area contributed by atoms with Gasteiger partial charge in [-0.1, -0.05) is 13.8 Å².